The first-order valence-electron chi connectivity index (χ1n) is 6.92. The fourth-order valence-electron chi connectivity index (χ4n) is 2.71. The number of carbonyl (C=O) groups excluding carboxylic acids is 1. The number of thioether (sulfide) groups is 2. The summed E-state index contributed by atoms with van der Waals surface area (Å²) in [7, 11) is 0. The maximum absolute atomic E-state index is 12.0. The number of amides is 1. The SMILES string of the molecule is O=C(CSCC1CSc2ccccc21)N1CCCC1. The summed E-state index contributed by atoms with van der Waals surface area (Å²) in [4.78, 5) is 15.4. The van der Waals surface area contributed by atoms with E-state index in [-0.39, 0.29) is 0 Å². The number of carbonyl (C=O) groups is 1. The third-order valence-corrected chi connectivity index (χ3v) is 6.14. The number of hydrogen-bond donors (Lipinski definition) is 0. The Morgan fingerprint density at radius 2 is 2.11 bits per heavy atom. The van der Waals surface area contributed by atoms with Crippen LogP contribution in [-0.2, 0) is 4.79 Å². The predicted octanol–water partition coefficient (Wildman–Crippen LogP) is 3.23. The molecule has 1 fully saturated rings. The first-order valence-corrected chi connectivity index (χ1v) is 9.06. The van der Waals surface area contributed by atoms with E-state index in [1.807, 2.05) is 16.7 Å². The molecule has 4 heteroatoms. The summed E-state index contributed by atoms with van der Waals surface area (Å²) in [6.45, 7) is 1.95. The lowest BCUT2D eigenvalue weighted by Gasteiger charge is -2.16. The lowest BCUT2D eigenvalue weighted by atomic mass is 10.0. The molecule has 19 heavy (non-hydrogen) atoms. The molecule has 1 saturated heterocycles. The third kappa shape index (κ3) is 3.11. The topological polar surface area (TPSA) is 20.3 Å². The third-order valence-electron chi connectivity index (χ3n) is 3.80. The highest BCUT2D eigenvalue weighted by Gasteiger charge is 2.23. The number of fused-ring (bicyclic) bond motifs is 1. The van der Waals surface area contributed by atoms with Gasteiger partial charge in [0.25, 0.3) is 0 Å². The van der Waals surface area contributed by atoms with E-state index < -0.39 is 0 Å². The molecule has 2 nitrogen and oxygen atoms in total. The average Bonchev–Trinajstić information content (AvgIpc) is 3.08. The van der Waals surface area contributed by atoms with Gasteiger partial charge in [0.05, 0.1) is 5.75 Å². The van der Waals surface area contributed by atoms with E-state index in [0.29, 0.717) is 17.6 Å². The summed E-state index contributed by atoms with van der Waals surface area (Å²) >= 11 is 3.76. The van der Waals surface area contributed by atoms with Gasteiger partial charge >= 0.3 is 0 Å². The Hall–Kier alpha value is -0.610. The van der Waals surface area contributed by atoms with Crippen LogP contribution in [0.2, 0.25) is 0 Å². The van der Waals surface area contributed by atoms with Crippen LogP contribution in [0, 0.1) is 0 Å². The number of nitrogens with zero attached hydrogens (tertiary/aromatic N) is 1. The normalized spacial score (nSPS) is 21.7. The van der Waals surface area contributed by atoms with Crippen molar-refractivity contribution < 1.29 is 4.79 Å². The molecule has 1 atom stereocenters. The van der Waals surface area contributed by atoms with Crippen molar-refractivity contribution in [1.29, 1.82) is 0 Å². The Morgan fingerprint density at radius 1 is 1.32 bits per heavy atom. The van der Waals surface area contributed by atoms with Gasteiger partial charge in [-0.25, -0.2) is 0 Å². The molecule has 0 bridgehead atoms. The molecule has 2 aliphatic heterocycles. The Bertz CT molecular complexity index is 457. The number of likely N-dealkylation sites (tertiary alicyclic amines) is 1. The standard InChI is InChI=1S/C15H19NOS2/c17-15(16-7-3-4-8-16)11-18-9-12-10-19-14-6-2-1-5-13(12)14/h1-2,5-6,12H,3-4,7-11H2. The van der Waals surface area contributed by atoms with Gasteiger partial charge in [-0.3, -0.25) is 4.79 Å². The van der Waals surface area contributed by atoms with Crippen molar-refractivity contribution >= 4 is 29.4 Å². The van der Waals surface area contributed by atoms with Crippen LogP contribution in [0.15, 0.2) is 29.2 Å². The second-order valence-electron chi connectivity index (χ2n) is 5.15. The fourth-order valence-corrected chi connectivity index (χ4v) is 5.17. The zero-order chi connectivity index (χ0) is 13.1. The van der Waals surface area contributed by atoms with E-state index in [1.165, 1.54) is 29.1 Å². The Balaban J connectivity index is 1.47. The molecular weight excluding hydrogens is 274 g/mol. The maximum Gasteiger partial charge on any atom is 0.232 e. The predicted molar refractivity (Wildman–Crippen MR) is 83.0 cm³/mol. The van der Waals surface area contributed by atoms with E-state index >= 15 is 0 Å². The molecule has 2 heterocycles. The summed E-state index contributed by atoms with van der Waals surface area (Å²) in [5, 5.41) is 0. The summed E-state index contributed by atoms with van der Waals surface area (Å²) in [6.07, 6.45) is 2.37. The lowest BCUT2D eigenvalue weighted by molar-refractivity contribution is -0.127. The van der Waals surface area contributed by atoms with Crippen LogP contribution in [0.1, 0.15) is 24.3 Å². The minimum Gasteiger partial charge on any atom is -0.342 e. The molecule has 1 unspecified atom stereocenters. The molecule has 2 aliphatic rings. The van der Waals surface area contributed by atoms with Crippen LogP contribution in [0.25, 0.3) is 0 Å². The summed E-state index contributed by atoms with van der Waals surface area (Å²) in [5.41, 5.74) is 1.48. The van der Waals surface area contributed by atoms with E-state index in [1.54, 1.807) is 11.8 Å². The molecular formula is C15H19NOS2. The molecule has 0 aromatic heterocycles. The summed E-state index contributed by atoms with van der Waals surface area (Å²) in [6, 6.07) is 8.68. The Labute approximate surface area is 123 Å². The average molecular weight is 293 g/mol. The highest BCUT2D eigenvalue weighted by Crippen LogP contribution is 2.40. The number of benzene rings is 1. The van der Waals surface area contributed by atoms with Crippen molar-refractivity contribution in [2.24, 2.45) is 0 Å². The van der Waals surface area contributed by atoms with E-state index in [4.69, 9.17) is 0 Å². The zero-order valence-electron chi connectivity index (χ0n) is 11.0. The minimum absolute atomic E-state index is 0.335. The quantitative estimate of drug-likeness (QED) is 0.850. The van der Waals surface area contributed by atoms with Crippen molar-refractivity contribution in [3.63, 3.8) is 0 Å². The van der Waals surface area contributed by atoms with Crippen LogP contribution in [-0.4, -0.2) is 41.2 Å². The van der Waals surface area contributed by atoms with E-state index in [9.17, 15) is 4.79 Å². The van der Waals surface area contributed by atoms with Crippen LogP contribution in [0.5, 0.6) is 0 Å². The highest BCUT2D eigenvalue weighted by atomic mass is 32.2. The molecule has 0 spiro atoms. The fraction of sp³-hybridized carbons (Fsp3) is 0.533. The number of rotatable bonds is 4. The van der Waals surface area contributed by atoms with Gasteiger partial charge in [-0.15, -0.1) is 11.8 Å². The summed E-state index contributed by atoms with van der Waals surface area (Å²) in [5.74, 6) is 3.86. The van der Waals surface area contributed by atoms with Crippen molar-refractivity contribution in [3.05, 3.63) is 29.8 Å². The van der Waals surface area contributed by atoms with Gasteiger partial charge in [-0.1, -0.05) is 18.2 Å². The monoisotopic (exact) mass is 293 g/mol. The summed E-state index contributed by atoms with van der Waals surface area (Å²) < 4.78 is 0. The van der Waals surface area contributed by atoms with E-state index in [0.717, 1.165) is 18.8 Å². The molecule has 0 radical (unpaired) electrons. The van der Waals surface area contributed by atoms with Gasteiger partial charge in [0.2, 0.25) is 5.91 Å². The smallest absolute Gasteiger partial charge is 0.232 e. The highest BCUT2D eigenvalue weighted by molar-refractivity contribution is 8.00. The molecule has 0 saturated carbocycles. The lowest BCUT2D eigenvalue weighted by Crippen LogP contribution is -2.29. The van der Waals surface area contributed by atoms with Gasteiger partial charge in [0.15, 0.2) is 0 Å². The Morgan fingerprint density at radius 3 is 2.95 bits per heavy atom. The maximum atomic E-state index is 12.0. The van der Waals surface area contributed by atoms with Gasteiger partial charge in [-0.2, -0.15) is 11.8 Å². The molecule has 102 valence electrons. The minimum atomic E-state index is 0.335. The first kappa shape index (κ1) is 13.4. The van der Waals surface area contributed by atoms with Gasteiger partial charge < -0.3 is 4.90 Å². The van der Waals surface area contributed by atoms with Crippen molar-refractivity contribution in [3.8, 4) is 0 Å². The largest absolute Gasteiger partial charge is 0.342 e. The van der Waals surface area contributed by atoms with Crippen molar-refractivity contribution in [1.82, 2.24) is 4.90 Å². The molecule has 0 aliphatic carbocycles. The second kappa shape index (κ2) is 6.23. The van der Waals surface area contributed by atoms with Crippen LogP contribution < -0.4 is 0 Å². The molecule has 1 amide bonds. The Kier molecular flexibility index (Phi) is 4.38. The molecule has 1 aromatic carbocycles. The second-order valence-corrected chi connectivity index (χ2v) is 7.24. The van der Waals surface area contributed by atoms with Gasteiger partial charge in [0, 0.05) is 35.4 Å². The molecule has 0 N–H and O–H groups in total. The van der Waals surface area contributed by atoms with Gasteiger partial charge in [-0.05, 0) is 24.5 Å². The van der Waals surface area contributed by atoms with Crippen LogP contribution in [0.3, 0.4) is 0 Å². The van der Waals surface area contributed by atoms with Crippen LogP contribution in [0.4, 0.5) is 0 Å². The molecule has 3 rings (SSSR count). The zero-order valence-corrected chi connectivity index (χ0v) is 12.6. The van der Waals surface area contributed by atoms with E-state index in [2.05, 4.69) is 24.3 Å². The number of hydrogen-bond acceptors (Lipinski definition) is 3. The van der Waals surface area contributed by atoms with Gasteiger partial charge in [0.1, 0.15) is 0 Å². The van der Waals surface area contributed by atoms with Crippen molar-refractivity contribution in [2.75, 3.05) is 30.3 Å². The molecule has 1 aromatic rings. The van der Waals surface area contributed by atoms with Crippen LogP contribution >= 0.6 is 23.5 Å². The van der Waals surface area contributed by atoms with Crippen molar-refractivity contribution in [2.45, 2.75) is 23.7 Å². The first-order chi connectivity index (χ1) is 9.34.